The summed E-state index contributed by atoms with van der Waals surface area (Å²) < 4.78 is 52.7. The first-order valence-corrected chi connectivity index (χ1v) is 8.38. The van der Waals surface area contributed by atoms with E-state index in [-0.39, 0.29) is 0 Å². The van der Waals surface area contributed by atoms with Gasteiger partial charge in [-0.3, -0.25) is 4.90 Å². The molecule has 1 aliphatic heterocycles. The molecule has 1 fully saturated rings. The zero-order valence-electron chi connectivity index (χ0n) is 15.6. The second kappa shape index (κ2) is 9.03. The van der Waals surface area contributed by atoms with Gasteiger partial charge < -0.3 is 24.4 Å². The van der Waals surface area contributed by atoms with E-state index in [0.717, 1.165) is 5.56 Å². The highest BCUT2D eigenvalue weighted by Gasteiger charge is 2.30. The van der Waals surface area contributed by atoms with E-state index in [1.807, 2.05) is 11.4 Å². The summed E-state index contributed by atoms with van der Waals surface area (Å²) >= 11 is 0. The van der Waals surface area contributed by atoms with Crippen LogP contribution in [0.2, 0.25) is 0 Å². The number of methoxy groups -OCH3 is 3. The second-order valence-corrected chi connectivity index (χ2v) is 6.03. The highest BCUT2D eigenvalue weighted by atomic mass is 19.4. The first-order valence-electron chi connectivity index (χ1n) is 8.38. The van der Waals surface area contributed by atoms with E-state index < -0.39 is 18.8 Å². The normalized spacial score (nSPS) is 15.4. The Labute approximate surface area is 156 Å². The van der Waals surface area contributed by atoms with Gasteiger partial charge in [0.1, 0.15) is 6.54 Å². The van der Waals surface area contributed by atoms with E-state index in [1.54, 1.807) is 20.3 Å². The Balaban J connectivity index is 1.95. The number of piperazine rings is 1. The van der Waals surface area contributed by atoms with Crippen LogP contribution in [0.25, 0.3) is 0 Å². The van der Waals surface area contributed by atoms with Gasteiger partial charge in [-0.2, -0.15) is 13.2 Å². The van der Waals surface area contributed by atoms with Gasteiger partial charge >= 0.3 is 12.2 Å². The lowest BCUT2D eigenvalue weighted by molar-refractivity contribution is -0.123. The average molecular weight is 391 g/mol. The summed E-state index contributed by atoms with van der Waals surface area (Å²) in [6, 6.07) is 2.97. The van der Waals surface area contributed by atoms with Crippen molar-refractivity contribution in [2.45, 2.75) is 12.7 Å². The van der Waals surface area contributed by atoms with Crippen LogP contribution in [0.3, 0.4) is 0 Å². The first-order chi connectivity index (χ1) is 12.8. The lowest BCUT2D eigenvalue weighted by atomic mass is 10.1. The standard InChI is InChI=1S/C17H24F3N3O4/c1-25-13-5-4-12(14(26-2)15(13)27-3)10-22-6-8-23(9-7-22)16(24)21-11-17(18,19)20/h4-5H,6-11H2,1-3H3,(H,21,24). The molecule has 2 amide bonds. The Morgan fingerprint density at radius 3 is 2.19 bits per heavy atom. The van der Waals surface area contributed by atoms with Gasteiger partial charge in [0, 0.05) is 38.3 Å². The number of ether oxygens (including phenoxy) is 3. The lowest BCUT2D eigenvalue weighted by Gasteiger charge is -2.35. The Morgan fingerprint density at radius 1 is 1.04 bits per heavy atom. The predicted molar refractivity (Wildman–Crippen MR) is 92.4 cm³/mol. The Hall–Kier alpha value is -2.36. The highest BCUT2D eigenvalue weighted by Crippen LogP contribution is 2.40. The Morgan fingerprint density at radius 2 is 1.67 bits per heavy atom. The third-order valence-electron chi connectivity index (χ3n) is 4.28. The fraction of sp³-hybridized carbons (Fsp3) is 0.588. The summed E-state index contributed by atoms with van der Waals surface area (Å²) in [7, 11) is 4.62. The molecular weight excluding hydrogens is 367 g/mol. The molecule has 0 saturated carbocycles. The number of urea groups is 1. The number of amides is 2. The molecule has 2 rings (SSSR count). The van der Waals surface area contributed by atoms with Crippen LogP contribution < -0.4 is 19.5 Å². The lowest BCUT2D eigenvalue weighted by Crippen LogP contribution is -2.52. The van der Waals surface area contributed by atoms with Crippen molar-refractivity contribution in [3.8, 4) is 17.2 Å². The summed E-state index contributed by atoms with van der Waals surface area (Å²) in [5.41, 5.74) is 0.894. The number of nitrogens with one attached hydrogen (secondary N) is 1. The molecule has 1 aliphatic rings. The maximum Gasteiger partial charge on any atom is 0.405 e. The van der Waals surface area contributed by atoms with E-state index in [0.29, 0.717) is 50.0 Å². The molecule has 0 spiro atoms. The molecule has 0 bridgehead atoms. The van der Waals surface area contributed by atoms with Crippen molar-refractivity contribution in [1.82, 2.24) is 15.1 Å². The van der Waals surface area contributed by atoms with Crippen molar-refractivity contribution in [2.24, 2.45) is 0 Å². The Kier molecular flexibility index (Phi) is 7.00. The van der Waals surface area contributed by atoms with Crippen molar-refractivity contribution in [3.63, 3.8) is 0 Å². The minimum absolute atomic E-state index is 0.347. The van der Waals surface area contributed by atoms with Gasteiger partial charge in [-0.05, 0) is 6.07 Å². The van der Waals surface area contributed by atoms with Crippen LogP contribution in [0.1, 0.15) is 5.56 Å². The Bertz CT molecular complexity index is 647. The fourth-order valence-corrected chi connectivity index (χ4v) is 2.93. The van der Waals surface area contributed by atoms with E-state index >= 15 is 0 Å². The quantitative estimate of drug-likeness (QED) is 0.805. The molecule has 1 aromatic carbocycles. The molecule has 0 radical (unpaired) electrons. The van der Waals surface area contributed by atoms with Crippen LogP contribution in [0.4, 0.5) is 18.0 Å². The largest absolute Gasteiger partial charge is 0.493 e. The number of rotatable bonds is 6. The molecule has 0 atom stereocenters. The summed E-state index contributed by atoms with van der Waals surface area (Å²) in [6.45, 7) is 1.00. The third kappa shape index (κ3) is 5.56. The molecule has 1 heterocycles. The maximum absolute atomic E-state index is 12.2. The van der Waals surface area contributed by atoms with Gasteiger partial charge in [0.05, 0.1) is 21.3 Å². The molecule has 1 saturated heterocycles. The van der Waals surface area contributed by atoms with Crippen molar-refractivity contribution in [2.75, 3.05) is 54.1 Å². The smallest absolute Gasteiger partial charge is 0.405 e. The van der Waals surface area contributed by atoms with E-state index in [2.05, 4.69) is 4.90 Å². The average Bonchev–Trinajstić information content (AvgIpc) is 2.65. The molecule has 0 aromatic heterocycles. The SMILES string of the molecule is COc1ccc(CN2CCN(C(=O)NCC(F)(F)F)CC2)c(OC)c1OC. The van der Waals surface area contributed by atoms with E-state index in [1.165, 1.54) is 12.0 Å². The van der Waals surface area contributed by atoms with Crippen LogP contribution in [-0.4, -0.2) is 76.1 Å². The van der Waals surface area contributed by atoms with Gasteiger partial charge in [-0.15, -0.1) is 0 Å². The number of halogens is 3. The van der Waals surface area contributed by atoms with Crippen LogP contribution in [0, 0.1) is 0 Å². The zero-order valence-corrected chi connectivity index (χ0v) is 15.6. The van der Waals surface area contributed by atoms with Crippen molar-refractivity contribution >= 4 is 6.03 Å². The number of hydrogen-bond acceptors (Lipinski definition) is 5. The minimum Gasteiger partial charge on any atom is -0.493 e. The number of carbonyl (C=O) groups excluding carboxylic acids is 1. The molecule has 1 aromatic rings. The summed E-state index contributed by atoms with van der Waals surface area (Å²) in [6.07, 6.45) is -4.42. The molecule has 10 heteroatoms. The van der Waals surface area contributed by atoms with Gasteiger partial charge in [0.15, 0.2) is 11.5 Å². The number of alkyl halides is 3. The molecular formula is C17H24F3N3O4. The van der Waals surface area contributed by atoms with Crippen molar-refractivity contribution in [3.05, 3.63) is 17.7 Å². The van der Waals surface area contributed by atoms with Crippen LogP contribution >= 0.6 is 0 Å². The predicted octanol–water partition coefficient (Wildman–Crippen LogP) is 2.10. The monoisotopic (exact) mass is 391 g/mol. The minimum atomic E-state index is -4.42. The summed E-state index contributed by atoms with van der Waals surface area (Å²) in [4.78, 5) is 15.3. The number of carbonyl (C=O) groups is 1. The molecule has 7 nitrogen and oxygen atoms in total. The van der Waals surface area contributed by atoms with Crippen LogP contribution in [0.5, 0.6) is 17.2 Å². The number of benzene rings is 1. The first kappa shape index (κ1) is 20.9. The van der Waals surface area contributed by atoms with Crippen LogP contribution in [-0.2, 0) is 6.54 Å². The molecule has 0 unspecified atom stereocenters. The van der Waals surface area contributed by atoms with Crippen LogP contribution in [0.15, 0.2) is 12.1 Å². The fourth-order valence-electron chi connectivity index (χ4n) is 2.93. The highest BCUT2D eigenvalue weighted by molar-refractivity contribution is 5.74. The summed E-state index contributed by atoms with van der Waals surface area (Å²) in [5, 5.41) is 1.90. The second-order valence-electron chi connectivity index (χ2n) is 6.03. The summed E-state index contributed by atoms with van der Waals surface area (Å²) in [5.74, 6) is 1.63. The molecule has 0 aliphatic carbocycles. The molecule has 27 heavy (non-hydrogen) atoms. The van der Waals surface area contributed by atoms with Gasteiger partial charge in [0.25, 0.3) is 0 Å². The van der Waals surface area contributed by atoms with Gasteiger partial charge in [-0.1, -0.05) is 6.07 Å². The van der Waals surface area contributed by atoms with Gasteiger partial charge in [0.2, 0.25) is 5.75 Å². The maximum atomic E-state index is 12.2. The van der Waals surface area contributed by atoms with E-state index in [9.17, 15) is 18.0 Å². The van der Waals surface area contributed by atoms with Crippen molar-refractivity contribution in [1.29, 1.82) is 0 Å². The number of hydrogen-bond donors (Lipinski definition) is 1. The third-order valence-corrected chi connectivity index (χ3v) is 4.28. The zero-order chi connectivity index (χ0) is 20.0. The topological polar surface area (TPSA) is 63.3 Å². The number of nitrogens with zero attached hydrogens (tertiary/aromatic N) is 2. The molecule has 152 valence electrons. The molecule has 1 N–H and O–H groups in total. The van der Waals surface area contributed by atoms with Gasteiger partial charge in [-0.25, -0.2) is 4.79 Å². The van der Waals surface area contributed by atoms with E-state index in [4.69, 9.17) is 14.2 Å². The van der Waals surface area contributed by atoms with Crippen molar-refractivity contribution < 1.29 is 32.2 Å².